The topological polar surface area (TPSA) is 95.6 Å². The molecule has 4 amide bonds. The van der Waals surface area contributed by atoms with Crippen LogP contribution in [0.4, 0.5) is 0 Å². The predicted molar refractivity (Wildman–Crippen MR) is 95.1 cm³/mol. The number of likely N-dealkylation sites (tertiary alicyclic amines) is 1. The van der Waals surface area contributed by atoms with Crippen molar-refractivity contribution in [3.63, 3.8) is 0 Å². The lowest BCUT2D eigenvalue weighted by atomic mass is 10.1. The van der Waals surface area contributed by atoms with E-state index in [0.717, 1.165) is 0 Å². The van der Waals surface area contributed by atoms with Gasteiger partial charge in [0.05, 0.1) is 5.33 Å². The number of carbonyl (C=O) groups excluding carboxylic acids is 4. The van der Waals surface area contributed by atoms with E-state index in [1.807, 2.05) is 0 Å². The Labute approximate surface area is 150 Å². The van der Waals surface area contributed by atoms with Crippen molar-refractivity contribution in [3.8, 4) is 0 Å². The van der Waals surface area contributed by atoms with E-state index in [9.17, 15) is 19.2 Å². The molecule has 0 radical (unpaired) electrons. The Hall–Kier alpha value is -1.96. The fourth-order valence-corrected chi connectivity index (χ4v) is 2.07. The first kappa shape index (κ1) is 22.0. The lowest BCUT2D eigenvalue weighted by molar-refractivity contribution is -0.139. The lowest BCUT2D eigenvalue weighted by Crippen LogP contribution is -2.33. The second-order valence-corrected chi connectivity index (χ2v) is 5.65. The normalized spacial score (nSPS) is 16.1. The molecule has 0 aliphatic carbocycles. The first-order valence-electron chi connectivity index (χ1n) is 7.55. The Kier molecular flexibility index (Phi) is 11.4. The average Bonchev–Trinajstić information content (AvgIpc) is 2.78. The molecule has 2 N–H and O–H groups in total. The third-order valence-corrected chi connectivity index (χ3v) is 3.57. The zero-order valence-electron chi connectivity index (χ0n) is 13.8. The molecule has 0 aromatic rings. The molecule has 7 nitrogen and oxygen atoms in total. The maximum Gasteiger partial charge on any atom is 0.234 e. The molecule has 1 atom stereocenters. The van der Waals surface area contributed by atoms with Gasteiger partial charge in [-0.15, -0.1) is 6.58 Å². The smallest absolute Gasteiger partial charge is 0.234 e. The molecule has 1 saturated heterocycles. The Morgan fingerprint density at radius 1 is 1.33 bits per heavy atom. The molecule has 8 heteroatoms. The molecule has 0 saturated carbocycles. The number of nitrogens with zero attached hydrogens (tertiary/aromatic N) is 1. The van der Waals surface area contributed by atoms with Crippen molar-refractivity contribution in [1.82, 2.24) is 15.5 Å². The molecule has 1 fully saturated rings. The van der Waals surface area contributed by atoms with Crippen LogP contribution in [-0.4, -0.2) is 46.9 Å². The largest absolute Gasteiger partial charge is 0.356 e. The molecule has 1 rings (SSSR count). The standard InChI is InChI=1S/C12H18N2O3.C4H6BrNO/c1-3-5-10(15)13-6-4-7-14-11(16)8-9(2)12(14)17;1-2-6-4(7)3-5/h3,9H,1,4-8H2,2H3,(H,13,15);2H,1,3H2,(H,6,7). The molecule has 0 aromatic heterocycles. The number of alkyl halides is 1. The van der Waals surface area contributed by atoms with Gasteiger partial charge in [0.2, 0.25) is 23.6 Å². The van der Waals surface area contributed by atoms with E-state index in [1.165, 1.54) is 17.2 Å². The van der Waals surface area contributed by atoms with Crippen molar-refractivity contribution in [2.24, 2.45) is 5.92 Å². The molecule has 1 aliphatic heterocycles. The van der Waals surface area contributed by atoms with E-state index in [0.29, 0.717) is 37.7 Å². The number of hydrogen-bond donors (Lipinski definition) is 2. The highest BCUT2D eigenvalue weighted by atomic mass is 79.9. The summed E-state index contributed by atoms with van der Waals surface area (Å²) in [6.45, 7) is 9.37. The summed E-state index contributed by atoms with van der Waals surface area (Å²) >= 11 is 2.96. The number of imide groups is 1. The summed E-state index contributed by atoms with van der Waals surface area (Å²) in [5.74, 6) is -0.576. The van der Waals surface area contributed by atoms with Crippen molar-refractivity contribution in [3.05, 3.63) is 25.4 Å². The van der Waals surface area contributed by atoms with E-state index in [4.69, 9.17) is 0 Å². The second kappa shape index (κ2) is 12.5. The average molecular weight is 402 g/mol. The van der Waals surface area contributed by atoms with Gasteiger partial charge in [-0.1, -0.05) is 35.5 Å². The summed E-state index contributed by atoms with van der Waals surface area (Å²) in [6.07, 6.45) is 4.07. The van der Waals surface area contributed by atoms with Gasteiger partial charge in [0.25, 0.3) is 0 Å². The molecule has 1 heterocycles. The molecule has 1 aliphatic rings. The SMILES string of the molecule is C=CCC(=O)NCCCN1C(=O)CC(C)C1=O.C=CNC(=O)CBr. The minimum absolute atomic E-state index is 0.0741. The van der Waals surface area contributed by atoms with Crippen molar-refractivity contribution in [2.45, 2.75) is 26.2 Å². The molecule has 0 aromatic carbocycles. The third-order valence-electron chi connectivity index (χ3n) is 3.06. The summed E-state index contributed by atoms with van der Waals surface area (Å²) < 4.78 is 0. The van der Waals surface area contributed by atoms with Crippen molar-refractivity contribution in [2.75, 3.05) is 18.4 Å². The number of halogens is 1. The van der Waals surface area contributed by atoms with Gasteiger partial charge in [-0.25, -0.2) is 0 Å². The summed E-state index contributed by atoms with van der Waals surface area (Å²) in [6, 6.07) is 0. The first-order valence-corrected chi connectivity index (χ1v) is 8.67. The monoisotopic (exact) mass is 401 g/mol. The highest BCUT2D eigenvalue weighted by Crippen LogP contribution is 2.18. The number of carbonyl (C=O) groups is 4. The Morgan fingerprint density at radius 3 is 2.42 bits per heavy atom. The molecule has 134 valence electrons. The van der Waals surface area contributed by atoms with Gasteiger partial charge in [-0.05, 0) is 12.6 Å². The van der Waals surface area contributed by atoms with Crippen LogP contribution in [0, 0.1) is 5.92 Å². The van der Waals surface area contributed by atoms with Crippen LogP contribution in [0.25, 0.3) is 0 Å². The van der Waals surface area contributed by atoms with Gasteiger partial charge in [0.15, 0.2) is 0 Å². The number of amides is 4. The quantitative estimate of drug-likeness (QED) is 0.275. The van der Waals surface area contributed by atoms with Crippen LogP contribution in [0.1, 0.15) is 26.2 Å². The van der Waals surface area contributed by atoms with Gasteiger partial charge < -0.3 is 10.6 Å². The van der Waals surface area contributed by atoms with Crippen LogP contribution in [0.2, 0.25) is 0 Å². The van der Waals surface area contributed by atoms with Gasteiger partial charge in [0.1, 0.15) is 0 Å². The molecular formula is C16H24BrN3O4. The highest BCUT2D eigenvalue weighted by molar-refractivity contribution is 9.09. The first-order chi connectivity index (χ1) is 11.4. The van der Waals surface area contributed by atoms with Crippen LogP contribution in [0.3, 0.4) is 0 Å². The summed E-state index contributed by atoms with van der Waals surface area (Å²) in [4.78, 5) is 45.5. The number of rotatable bonds is 8. The summed E-state index contributed by atoms with van der Waals surface area (Å²) in [7, 11) is 0. The Balaban J connectivity index is 0.000000640. The van der Waals surface area contributed by atoms with E-state index in [1.54, 1.807) is 6.92 Å². The zero-order valence-corrected chi connectivity index (χ0v) is 15.4. The molecule has 0 spiro atoms. The fourth-order valence-electron chi connectivity index (χ4n) is 1.90. The summed E-state index contributed by atoms with van der Waals surface area (Å²) in [5.41, 5.74) is 0. The Bertz CT molecular complexity index is 494. The Morgan fingerprint density at radius 2 is 2.00 bits per heavy atom. The third kappa shape index (κ3) is 8.61. The van der Waals surface area contributed by atoms with Crippen molar-refractivity contribution >= 4 is 39.6 Å². The minimum atomic E-state index is -0.196. The molecule has 0 bridgehead atoms. The second-order valence-electron chi connectivity index (χ2n) is 5.09. The predicted octanol–water partition coefficient (Wildman–Crippen LogP) is 1.10. The van der Waals surface area contributed by atoms with Gasteiger partial charge >= 0.3 is 0 Å². The van der Waals surface area contributed by atoms with Crippen LogP contribution in [0.5, 0.6) is 0 Å². The zero-order chi connectivity index (χ0) is 18.5. The van der Waals surface area contributed by atoms with E-state index in [2.05, 4.69) is 39.7 Å². The molecular weight excluding hydrogens is 378 g/mol. The van der Waals surface area contributed by atoms with Gasteiger partial charge in [-0.2, -0.15) is 0 Å². The van der Waals surface area contributed by atoms with Gasteiger partial charge in [-0.3, -0.25) is 24.1 Å². The maximum absolute atomic E-state index is 11.6. The van der Waals surface area contributed by atoms with Crippen molar-refractivity contribution in [1.29, 1.82) is 0 Å². The molecule has 1 unspecified atom stereocenters. The molecule has 24 heavy (non-hydrogen) atoms. The fraction of sp³-hybridized carbons (Fsp3) is 0.500. The highest BCUT2D eigenvalue weighted by Gasteiger charge is 2.34. The van der Waals surface area contributed by atoms with Crippen LogP contribution in [-0.2, 0) is 19.2 Å². The number of nitrogens with one attached hydrogen (secondary N) is 2. The van der Waals surface area contributed by atoms with Crippen LogP contribution >= 0.6 is 15.9 Å². The van der Waals surface area contributed by atoms with E-state index >= 15 is 0 Å². The van der Waals surface area contributed by atoms with Crippen LogP contribution < -0.4 is 10.6 Å². The van der Waals surface area contributed by atoms with E-state index < -0.39 is 0 Å². The van der Waals surface area contributed by atoms with Crippen molar-refractivity contribution < 1.29 is 19.2 Å². The van der Waals surface area contributed by atoms with E-state index in [-0.39, 0.29) is 29.5 Å². The number of hydrogen-bond acceptors (Lipinski definition) is 4. The summed E-state index contributed by atoms with van der Waals surface area (Å²) in [5, 5.41) is 5.39. The maximum atomic E-state index is 11.6. The minimum Gasteiger partial charge on any atom is -0.356 e. The van der Waals surface area contributed by atoms with Gasteiger partial charge in [0, 0.05) is 31.8 Å². The van der Waals surface area contributed by atoms with Crippen LogP contribution in [0.15, 0.2) is 25.4 Å². The lowest BCUT2D eigenvalue weighted by Gasteiger charge is -2.14.